The third-order valence-corrected chi connectivity index (χ3v) is 5.18. The van der Waals surface area contributed by atoms with Crippen molar-refractivity contribution in [3.63, 3.8) is 0 Å². The molecule has 29 heavy (non-hydrogen) atoms. The number of nitrogens with two attached hydrogens (primary N) is 1. The van der Waals surface area contributed by atoms with Gasteiger partial charge in [0.05, 0.1) is 17.8 Å². The van der Waals surface area contributed by atoms with Gasteiger partial charge in [-0.05, 0) is 18.9 Å². The van der Waals surface area contributed by atoms with Crippen LogP contribution >= 0.6 is 0 Å². The quantitative estimate of drug-likeness (QED) is 0.670. The molecule has 3 aromatic heterocycles. The first-order valence-electron chi connectivity index (χ1n) is 9.30. The fourth-order valence-electron chi connectivity index (χ4n) is 3.94. The summed E-state index contributed by atoms with van der Waals surface area (Å²) in [5, 5.41) is 19.0. The van der Waals surface area contributed by atoms with Crippen LogP contribution in [0.2, 0.25) is 0 Å². The number of carbonyl (C=O) groups excluding carboxylic acids is 1. The van der Waals surface area contributed by atoms with Crippen LogP contribution in [0, 0.1) is 0 Å². The maximum atomic E-state index is 13.8. The molecule has 9 nitrogen and oxygen atoms in total. The lowest BCUT2D eigenvalue weighted by Crippen LogP contribution is -2.44. The predicted octanol–water partition coefficient (Wildman–Crippen LogP) is 1.94. The second-order valence-electron chi connectivity index (χ2n) is 7.11. The molecule has 0 radical (unpaired) electrons. The van der Waals surface area contributed by atoms with E-state index in [1.807, 2.05) is 0 Å². The third-order valence-electron chi connectivity index (χ3n) is 5.18. The molecule has 0 unspecified atom stereocenters. The first-order valence-corrected chi connectivity index (χ1v) is 9.30. The zero-order valence-corrected chi connectivity index (χ0v) is 15.7. The highest BCUT2D eigenvalue weighted by Gasteiger charge is 2.37. The normalized spacial score (nSPS) is 19.8. The zero-order valence-electron chi connectivity index (χ0n) is 15.7. The molecule has 1 fully saturated rings. The Balaban J connectivity index is 1.98. The van der Waals surface area contributed by atoms with Crippen LogP contribution in [0.15, 0.2) is 24.7 Å². The van der Waals surface area contributed by atoms with Crippen molar-refractivity contribution in [2.45, 2.75) is 44.3 Å². The topological polar surface area (TPSA) is 115 Å². The molecular weight excluding hydrogens is 384 g/mol. The Morgan fingerprint density at radius 3 is 2.79 bits per heavy atom. The van der Waals surface area contributed by atoms with Crippen LogP contribution in [0.4, 0.5) is 20.3 Å². The summed E-state index contributed by atoms with van der Waals surface area (Å²) in [6.07, 6.45) is 3.57. The summed E-state index contributed by atoms with van der Waals surface area (Å²) in [4.78, 5) is 17.9. The van der Waals surface area contributed by atoms with E-state index >= 15 is 0 Å². The van der Waals surface area contributed by atoms with Crippen molar-refractivity contribution in [1.82, 2.24) is 24.4 Å². The maximum Gasteiger partial charge on any atom is 0.284 e. The number of hydrogen-bond donors (Lipinski definition) is 2. The average molecular weight is 405 g/mol. The van der Waals surface area contributed by atoms with Gasteiger partial charge in [-0.1, -0.05) is 12.8 Å². The van der Waals surface area contributed by atoms with Gasteiger partial charge in [0, 0.05) is 25.6 Å². The molecule has 2 atom stereocenters. The van der Waals surface area contributed by atoms with E-state index in [0.29, 0.717) is 12.8 Å². The van der Waals surface area contributed by atoms with Crippen molar-refractivity contribution in [2.24, 2.45) is 12.8 Å². The summed E-state index contributed by atoms with van der Waals surface area (Å²) in [5.41, 5.74) is 5.47. The Morgan fingerprint density at radius 1 is 1.34 bits per heavy atom. The van der Waals surface area contributed by atoms with Crippen molar-refractivity contribution >= 4 is 23.1 Å². The number of aryl methyl sites for hydroxylation is 1. The number of aliphatic hydroxyl groups excluding tert-OH is 1. The minimum absolute atomic E-state index is 0.00689. The van der Waals surface area contributed by atoms with Gasteiger partial charge < -0.3 is 15.7 Å². The van der Waals surface area contributed by atoms with Crippen LogP contribution in [0.5, 0.6) is 0 Å². The number of primary amides is 1. The van der Waals surface area contributed by atoms with E-state index in [1.165, 1.54) is 33.5 Å². The van der Waals surface area contributed by atoms with Gasteiger partial charge in [-0.3, -0.25) is 9.48 Å². The van der Waals surface area contributed by atoms with Crippen LogP contribution < -0.4 is 10.6 Å². The molecule has 1 amide bonds. The van der Waals surface area contributed by atoms with E-state index in [4.69, 9.17) is 5.73 Å². The van der Waals surface area contributed by atoms with Gasteiger partial charge in [0.25, 0.3) is 12.3 Å². The number of rotatable bonds is 5. The summed E-state index contributed by atoms with van der Waals surface area (Å²) >= 11 is 0. The molecule has 3 heterocycles. The molecular formula is C18H21F2N7O2. The number of fused-ring (bicyclic) bond motifs is 1. The Labute approximate surface area is 164 Å². The largest absolute Gasteiger partial charge is 0.391 e. The number of halogens is 2. The van der Waals surface area contributed by atoms with Crippen molar-refractivity contribution in [3.05, 3.63) is 35.9 Å². The van der Waals surface area contributed by atoms with Gasteiger partial charge in [-0.2, -0.15) is 5.10 Å². The molecule has 3 N–H and O–H groups in total. The highest BCUT2D eigenvalue weighted by molar-refractivity contribution is 6.04. The van der Waals surface area contributed by atoms with Gasteiger partial charge in [0.15, 0.2) is 17.2 Å². The fourth-order valence-corrected chi connectivity index (χ4v) is 3.94. The number of nitrogens with zero attached hydrogens (tertiary/aromatic N) is 6. The lowest BCUT2D eigenvalue weighted by molar-refractivity contribution is 0.0996. The van der Waals surface area contributed by atoms with E-state index in [0.717, 1.165) is 12.8 Å². The molecule has 0 bridgehead atoms. The van der Waals surface area contributed by atoms with E-state index < -0.39 is 30.2 Å². The molecule has 1 aliphatic rings. The standard InChI is InChI=1S/C18H21F2N7O2/c1-25-9-11(14(23-25)15(19)20)27(10-5-2-3-6-12(10)28)18-13(16(21)29)17-22-7-4-8-26(17)24-18/h4,7-10,12,15,28H,2-3,5-6H2,1H3,(H2,21,29)/t10-,12+/m1/s1. The first-order chi connectivity index (χ1) is 13.9. The summed E-state index contributed by atoms with van der Waals surface area (Å²) < 4.78 is 30.1. The molecule has 0 aromatic carbocycles. The average Bonchev–Trinajstić information content (AvgIpc) is 3.24. The molecule has 4 rings (SSSR count). The zero-order chi connectivity index (χ0) is 20.7. The number of carbonyl (C=O) groups is 1. The fraction of sp³-hybridized carbons (Fsp3) is 0.444. The van der Waals surface area contributed by atoms with Gasteiger partial charge >= 0.3 is 0 Å². The maximum absolute atomic E-state index is 13.8. The lowest BCUT2D eigenvalue weighted by Gasteiger charge is -2.37. The Kier molecular flexibility index (Phi) is 4.91. The van der Waals surface area contributed by atoms with E-state index in [1.54, 1.807) is 12.3 Å². The van der Waals surface area contributed by atoms with Crippen LogP contribution in [-0.2, 0) is 7.05 Å². The van der Waals surface area contributed by atoms with Crippen molar-refractivity contribution in [1.29, 1.82) is 0 Å². The van der Waals surface area contributed by atoms with Crippen LogP contribution in [0.25, 0.3) is 5.65 Å². The number of anilines is 2. The highest BCUT2D eigenvalue weighted by Crippen LogP contribution is 2.40. The number of amides is 1. The summed E-state index contributed by atoms with van der Waals surface area (Å²) in [6, 6.07) is 1.07. The molecule has 0 aliphatic heterocycles. The van der Waals surface area contributed by atoms with Crippen molar-refractivity contribution in [2.75, 3.05) is 4.90 Å². The molecule has 1 saturated carbocycles. The van der Waals surface area contributed by atoms with Crippen LogP contribution in [0.3, 0.4) is 0 Å². The molecule has 0 spiro atoms. The number of aliphatic hydroxyl groups is 1. The Hall–Kier alpha value is -3.08. The molecule has 154 valence electrons. The molecule has 3 aromatic rings. The van der Waals surface area contributed by atoms with E-state index in [2.05, 4.69) is 15.2 Å². The molecule has 11 heteroatoms. The summed E-state index contributed by atoms with van der Waals surface area (Å²) in [6.45, 7) is 0. The van der Waals surface area contributed by atoms with Gasteiger partial charge in [-0.15, -0.1) is 5.10 Å². The smallest absolute Gasteiger partial charge is 0.284 e. The van der Waals surface area contributed by atoms with Crippen molar-refractivity contribution < 1.29 is 18.7 Å². The van der Waals surface area contributed by atoms with Gasteiger partial charge in [0.2, 0.25) is 0 Å². The van der Waals surface area contributed by atoms with Crippen LogP contribution in [-0.4, -0.2) is 47.5 Å². The Bertz CT molecular complexity index is 1050. The minimum atomic E-state index is -2.85. The SMILES string of the molecule is Cn1cc(N(c2nn3cccnc3c2C(N)=O)[C@@H]2CCCC[C@@H]2O)c(C(F)F)n1. The second kappa shape index (κ2) is 7.39. The monoisotopic (exact) mass is 405 g/mol. The van der Waals surface area contributed by atoms with E-state index in [-0.39, 0.29) is 22.7 Å². The Morgan fingerprint density at radius 2 is 2.10 bits per heavy atom. The minimum Gasteiger partial charge on any atom is -0.391 e. The number of alkyl halides is 2. The summed E-state index contributed by atoms with van der Waals surface area (Å²) in [5.74, 6) is -0.705. The number of aromatic nitrogens is 5. The summed E-state index contributed by atoms with van der Waals surface area (Å²) in [7, 11) is 1.53. The molecule has 0 saturated heterocycles. The van der Waals surface area contributed by atoms with Crippen molar-refractivity contribution in [3.8, 4) is 0 Å². The van der Waals surface area contributed by atoms with Gasteiger partial charge in [-0.25, -0.2) is 18.3 Å². The van der Waals surface area contributed by atoms with Gasteiger partial charge in [0.1, 0.15) is 5.56 Å². The second-order valence-corrected chi connectivity index (χ2v) is 7.11. The highest BCUT2D eigenvalue weighted by atomic mass is 19.3. The van der Waals surface area contributed by atoms with Crippen LogP contribution in [0.1, 0.15) is 48.2 Å². The van der Waals surface area contributed by atoms with E-state index in [9.17, 15) is 18.7 Å². The molecule has 1 aliphatic carbocycles. The third kappa shape index (κ3) is 3.31. The predicted molar refractivity (Wildman–Crippen MR) is 100 cm³/mol. The first kappa shape index (κ1) is 19.2. The lowest BCUT2D eigenvalue weighted by atomic mass is 9.90. The number of hydrogen-bond acceptors (Lipinski definition) is 6.